The third-order valence-corrected chi connectivity index (χ3v) is 7.19. The molecular formula is C28H35FN2O5. The maximum atomic E-state index is 15.0. The predicted octanol–water partition coefficient (Wildman–Crippen LogP) is 4.82. The average molecular weight is 499 g/mol. The van der Waals surface area contributed by atoms with Gasteiger partial charge in [-0.2, -0.15) is 0 Å². The van der Waals surface area contributed by atoms with Crippen LogP contribution in [0.3, 0.4) is 0 Å². The van der Waals surface area contributed by atoms with E-state index in [1.165, 1.54) is 6.07 Å². The number of rotatable bonds is 11. The molecule has 0 aliphatic carbocycles. The molecule has 0 spiro atoms. The van der Waals surface area contributed by atoms with Crippen LogP contribution in [0.1, 0.15) is 62.6 Å². The van der Waals surface area contributed by atoms with Crippen LogP contribution in [0.2, 0.25) is 0 Å². The number of benzene rings is 2. The number of carbonyl (C=O) groups is 2. The number of ether oxygens (including phenoxy) is 2. The van der Waals surface area contributed by atoms with E-state index in [9.17, 15) is 14.7 Å². The van der Waals surface area contributed by atoms with Crippen LogP contribution in [0.25, 0.3) is 0 Å². The highest BCUT2D eigenvalue weighted by atomic mass is 19.1. The van der Waals surface area contributed by atoms with Crippen molar-refractivity contribution in [2.24, 2.45) is 5.92 Å². The van der Waals surface area contributed by atoms with E-state index in [0.29, 0.717) is 36.7 Å². The lowest BCUT2D eigenvalue weighted by molar-refractivity contribution is -0.144. The lowest BCUT2D eigenvalue weighted by Gasteiger charge is -2.30. The van der Waals surface area contributed by atoms with Crippen molar-refractivity contribution in [1.82, 2.24) is 9.80 Å². The van der Waals surface area contributed by atoms with Crippen LogP contribution in [0, 0.1) is 11.7 Å². The Kier molecular flexibility index (Phi) is 8.46. The van der Waals surface area contributed by atoms with Crippen molar-refractivity contribution in [1.29, 1.82) is 0 Å². The zero-order valence-electron chi connectivity index (χ0n) is 21.0. The van der Waals surface area contributed by atoms with Gasteiger partial charge in [0.25, 0.3) is 0 Å². The molecule has 2 aliphatic rings. The number of likely N-dealkylation sites (tertiary alicyclic amines) is 1. The fourth-order valence-corrected chi connectivity index (χ4v) is 5.29. The first-order chi connectivity index (χ1) is 17.4. The van der Waals surface area contributed by atoms with Gasteiger partial charge in [0.1, 0.15) is 5.82 Å². The maximum Gasteiger partial charge on any atom is 0.309 e. The number of hydrogen-bond donors (Lipinski definition) is 1. The molecule has 2 aromatic carbocycles. The second kappa shape index (κ2) is 11.7. The number of halogens is 1. The minimum atomic E-state index is -1.02. The number of amides is 1. The second-order valence-electron chi connectivity index (χ2n) is 9.57. The zero-order chi connectivity index (χ0) is 25.7. The highest BCUT2D eigenvalue weighted by molar-refractivity contribution is 5.79. The van der Waals surface area contributed by atoms with Gasteiger partial charge >= 0.3 is 5.97 Å². The number of carboxylic acid groups (broad SMARTS) is 1. The number of hydrogen-bond acceptors (Lipinski definition) is 5. The Morgan fingerprint density at radius 3 is 2.42 bits per heavy atom. The smallest absolute Gasteiger partial charge is 0.309 e. The van der Waals surface area contributed by atoms with Gasteiger partial charge in [-0.15, -0.1) is 0 Å². The molecule has 4 rings (SSSR count). The summed E-state index contributed by atoms with van der Waals surface area (Å²) in [5, 5.41) is 10.4. The SMILES string of the molecule is CCCCN(CCCC)C(=O)CN1CC(c2ccc3c(c2)OCO3)C(C(=O)O)[C@H]1c1ccccc1F. The van der Waals surface area contributed by atoms with Gasteiger partial charge in [0, 0.05) is 31.1 Å². The van der Waals surface area contributed by atoms with Gasteiger partial charge < -0.3 is 19.5 Å². The molecule has 194 valence electrons. The van der Waals surface area contributed by atoms with E-state index < -0.39 is 29.7 Å². The summed E-state index contributed by atoms with van der Waals surface area (Å²) in [6.07, 6.45) is 3.77. The molecule has 7 nitrogen and oxygen atoms in total. The van der Waals surface area contributed by atoms with Gasteiger partial charge in [-0.1, -0.05) is 51.0 Å². The quantitative estimate of drug-likeness (QED) is 0.478. The highest BCUT2D eigenvalue weighted by Crippen LogP contribution is 2.48. The standard InChI is InChI=1S/C28H35FN2O5/c1-3-5-13-30(14-6-4-2)25(32)17-31-16-21(19-11-12-23-24(15-19)36-18-35-23)26(28(33)34)27(31)20-9-7-8-10-22(20)29/h7-12,15,21,26-27H,3-6,13-14,16-18H2,1-2H3,(H,33,34)/t21?,26?,27-/m1/s1. The Labute approximate surface area is 211 Å². The van der Waals surface area contributed by atoms with Crippen molar-refractivity contribution in [2.75, 3.05) is 33.0 Å². The molecular weight excluding hydrogens is 463 g/mol. The summed E-state index contributed by atoms with van der Waals surface area (Å²) in [4.78, 5) is 29.8. The largest absolute Gasteiger partial charge is 0.481 e. The first-order valence-electron chi connectivity index (χ1n) is 12.8. The van der Waals surface area contributed by atoms with Gasteiger partial charge in [-0.05, 0) is 36.6 Å². The summed E-state index contributed by atoms with van der Waals surface area (Å²) >= 11 is 0. The van der Waals surface area contributed by atoms with Crippen LogP contribution >= 0.6 is 0 Å². The van der Waals surface area contributed by atoms with Crippen LogP contribution in [-0.2, 0) is 9.59 Å². The van der Waals surface area contributed by atoms with Gasteiger partial charge in [-0.3, -0.25) is 14.5 Å². The van der Waals surface area contributed by atoms with Crippen molar-refractivity contribution in [2.45, 2.75) is 51.5 Å². The fourth-order valence-electron chi connectivity index (χ4n) is 5.29. The summed E-state index contributed by atoms with van der Waals surface area (Å²) < 4.78 is 26.0. The molecule has 3 atom stereocenters. The van der Waals surface area contributed by atoms with E-state index in [1.807, 2.05) is 21.9 Å². The molecule has 1 saturated heterocycles. The summed E-state index contributed by atoms with van der Waals surface area (Å²) in [6, 6.07) is 10.9. The van der Waals surface area contributed by atoms with Crippen LogP contribution in [0.4, 0.5) is 4.39 Å². The molecule has 2 heterocycles. The summed E-state index contributed by atoms with van der Waals surface area (Å²) in [6.45, 7) is 5.99. The maximum absolute atomic E-state index is 15.0. The third kappa shape index (κ3) is 5.48. The van der Waals surface area contributed by atoms with Gasteiger partial charge in [-0.25, -0.2) is 4.39 Å². The van der Waals surface area contributed by atoms with Crippen LogP contribution < -0.4 is 9.47 Å². The second-order valence-corrected chi connectivity index (χ2v) is 9.57. The highest BCUT2D eigenvalue weighted by Gasteiger charge is 2.49. The molecule has 0 bridgehead atoms. The Morgan fingerprint density at radius 2 is 1.75 bits per heavy atom. The Morgan fingerprint density at radius 1 is 1.06 bits per heavy atom. The predicted molar refractivity (Wildman–Crippen MR) is 134 cm³/mol. The van der Waals surface area contributed by atoms with E-state index in [4.69, 9.17) is 9.47 Å². The van der Waals surface area contributed by atoms with Crippen molar-refractivity contribution in [3.05, 3.63) is 59.4 Å². The lowest BCUT2D eigenvalue weighted by atomic mass is 9.82. The summed E-state index contributed by atoms with van der Waals surface area (Å²) in [5.41, 5.74) is 1.08. The first kappa shape index (κ1) is 25.9. The number of carbonyl (C=O) groups excluding carboxylic acids is 1. The topological polar surface area (TPSA) is 79.3 Å². The minimum Gasteiger partial charge on any atom is -0.481 e. The Hall–Kier alpha value is -3.13. The molecule has 0 radical (unpaired) electrons. The molecule has 1 fully saturated rings. The molecule has 0 aromatic heterocycles. The third-order valence-electron chi connectivity index (χ3n) is 7.19. The number of carboxylic acids is 1. The van der Waals surface area contributed by atoms with Crippen LogP contribution in [0.5, 0.6) is 11.5 Å². The summed E-state index contributed by atoms with van der Waals surface area (Å²) in [5.74, 6) is -1.73. The molecule has 0 saturated carbocycles. The van der Waals surface area contributed by atoms with Crippen molar-refractivity contribution in [3.63, 3.8) is 0 Å². The van der Waals surface area contributed by atoms with E-state index in [-0.39, 0.29) is 19.2 Å². The Bertz CT molecular complexity index is 1070. The molecule has 8 heteroatoms. The van der Waals surface area contributed by atoms with Crippen molar-refractivity contribution in [3.8, 4) is 11.5 Å². The fraction of sp³-hybridized carbons (Fsp3) is 0.500. The van der Waals surface area contributed by atoms with Crippen LogP contribution in [0.15, 0.2) is 42.5 Å². The van der Waals surface area contributed by atoms with Gasteiger partial charge in [0.15, 0.2) is 11.5 Å². The van der Waals surface area contributed by atoms with Gasteiger partial charge in [0.05, 0.1) is 18.5 Å². The number of fused-ring (bicyclic) bond motifs is 1. The molecule has 2 unspecified atom stereocenters. The van der Waals surface area contributed by atoms with Crippen LogP contribution in [-0.4, -0.2) is 59.8 Å². The molecule has 2 aromatic rings. The molecule has 2 aliphatic heterocycles. The van der Waals surface area contributed by atoms with Gasteiger partial charge in [0.2, 0.25) is 12.7 Å². The number of nitrogens with zero attached hydrogens (tertiary/aromatic N) is 2. The zero-order valence-corrected chi connectivity index (χ0v) is 21.0. The van der Waals surface area contributed by atoms with E-state index in [0.717, 1.165) is 31.2 Å². The van der Waals surface area contributed by atoms with E-state index in [2.05, 4.69) is 13.8 Å². The molecule has 36 heavy (non-hydrogen) atoms. The normalized spacial score (nSPS) is 21.0. The van der Waals surface area contributed by atoms with Crippen molar-refractivity contribution < 1.29 is 28.6 Å². The first-order valence-corrected chi connectivity index (χ1v) is 12.8. The number of aliphatic carboxylic acids is 1. The minimum absolute atomic E-state index is 0.0389. The number of unbranched alkanes of at least 4 members (excludes halogenated alkanes) is 2. The van der Waals surface area contributed by atoms with Crippen molar-refractivity contribution >= 4 is 11.9 Å². The average Bonchev–Trinajstić information content (AvgIpc) is 3.48. The molecule has 1 N–H and O–H groups in total. The van der Waals surface area contributed by atoms with E-state index in [1.54, 1.807) is 24.3 Å². The summed E-state index contributed by atoms with van der Waals surface area (Å²) in [7, 11) is 0. The van der Waals surface area contributed by atoms with E-state index >= 15 is 4.39 Å². The Balaban J connectivity index is 1.68. The monoisotopic (exact) mass is 498 g/mol. The molecule has 1 amide bonds. The lowest BCUT2D eigenvalue weighted by Crippen LogP contribution is -2.42.